The van der Waals surface area contributed by atoms with Gasteiger partial charge < -0.3 is 15.4 Å². The van der Waals surface area contributed by atoms with Gasteiger partial charge in [0.2, 0.25) is 0 Å². The Morgan fingerprint density at radius 3 is 2.41 bits per heavy atom. The minimum atomic E-state index is -3.66. The molecule has 0 aliphatic heterocycles. The number of carbonyl (C=O) groups is 1. The Morgan fingerprint density at radius 1 is 0.969 bits per heavy atom. The number of unbranched alkanes of at least 4 members (excludes halogenated alkanes) is 2. The lowest BCUT2D eigenvalue weighted by molar-refractivity contribution is 0.115. The number of rotatable bonds is 11. The van der Waals surface area contributed by atoms with Crippen LogP contribution in [0.25, 0.3) is 10.9 Å². The van der Waals surface area contributed by atoms with Crippen LogP contribution in [0.2, 0.25) is 0 Å². The third-order valence-electron chi connectivity index (χ3n) is 5.02. The van der Waals surface area contributed by atoms with E-state index in [1.54, 1.807) is 36.5 Å². The van der Waals surface area contributed by atoms with Gasteiger partial charge in [0.05, 0.1) is 16.5 Å². The van der Waals surface area contributed by atoms with Crippen LogP contribution in [0.15, 0.2) is 65.7 Å². The number of benzene rings is 2. The smallest absolute Gasteiger partial charge is 0.407 e. The molecule has 0 aliphatic carbocycles. The molecular formula is C24H31N3O4S. The Hall–Kier alpha value is -2.84. The molecule has 0 fully saturated rings. The number of alkyl carbamates (subject to hydrolysis) is 1. The van der Waals surface area contributed by atoms with Crippen molar-refractivity contribution >= 4 is 27.0 Å². The number of carbonyl (C=O) groups excluding carboxylic acids is 1. The van der Waals surface area contributed by atoms with Crippen LogP contribution < -0.4 is 10.6 Å². The molecule has 2 aromatic carbocycles. The molecule has 1 amide bonds. The molecular weight excluding hydrogens is 426 g/mol. The second-order valence-electron chi connectivity index (χ2n) is 7.90. The van der Waals surface area contributed by atoms with Gasteiger partial charge in [-0.15, -0.1) is 0 Å². The second kappa shape index (κ2) is 11.2. The van der Waals surface area contributed by atoms with Crippen LogP contribution in [0.4, 0.5) is 4.79 Å². The van der Waals surface area contributed by atoms with E-state index in [1.165, 1.54) is 3.97 Å². The van der Waals surface area contributed by atoms with Crippen molar-refractivity contribution in [3.8, 4) is 0 Å². The van der Waals surface area contributed by atoms with E-state index in [1.807, 2.05) is 38.1 Å². The average molecular weight is 458 g/mol. The summed E-state index contributed by atoms with van der Waals surface area (Å²) in [6.45, 7) is 5.62. The zero-order valence-electron chi connectivity index (χ0n) is 18.6. The van der Waals surface area contributed by atoms with Crippen LogP contribution in [0.1, 0.15) is 38.7 Å². The normalized spacial score (nSPS) is 11.7. The largest absolute Gasteiger partial charge is 0.447 e. The van der Waals surface area contributed by atoms with Crippen molar-refractivity contribution in [2.24, 2.45) is 0 Å². The highest BCUT2D eigenvalue weighted by atomic mass is 32.2. The number of hydrogen-bond acceptors (Lipinski definition) is 5. The van der Waals surface area contributed by atoms with Crippen LogP contribution in [-0.2, 0) is 21.3 Å². The van der Waals surface area contributed by atoms with Crippen molar-refractivity contribution in [3.05, 3.63) is 66.4 Å². The van der Waals surface area contributed by atoms with Crippen molar-refractivity contribution in [3.63, 3.8) is 0 Å². The molecule has 0 atom stereocenters. The van der Waals surface area contributed by atoms with E-state index in [0.717, 1.165) is 36.8 Å². The summed E-state index contributed by atoms with van der Waals surface area (Å²) in [5, 5.41) is 7.07. The first-order valence-corrected chi connectivity index (χ1v) is 12.4. The van der Waals surface area contributed by atoms with E-state index < -0.39 is 10.0 Å². The Balaban J connectivity index is 1.54. The minimum Gasteiger partial charge on any atom is -0.447 e. The zero-order valence-corrected chi connectivity index (χ0v) is 19.4. The Kier molecular flexibility index (Phi) is 8.30. The average Bonchev–Trinajstić information content (AvgIpc) is 3.15. The molecule has 0 aliphatic rings. The fraction of sp³-hybridized carbons (Fsp3) is 0.375. The molecule has 0 radical (unpaired) electrons. The molecule has 1 heterocycles. The van der Waals surface area contributed by atoms with E-state index in [-0.39, 0.29) is 17.1 Å². The van der Waals surface area contributed by atoms with Crippen molar-refractivity contribution < 1.29 is 17.9 Å². The van der Waals surface area contributed by atoms with Gasteiger partial charge in [-0.1, -0.05) is 42.8 Å². The Labute approximate surface area is 189 Å². The number of fused-ring (bicyclic) bond motifs is 1. The van der Waals surface area contributed by atoms with Gasteiger partial charge in [-0.2, -0.15) is 0 Å². The number of hydrogen-bond donors (Lipinski definition) is 2. The topological polar surface area (TPSA) is 89.4 Å². The van der Waals surface area contributed by atoms with Crippen molar-refractivity contribution in [1.82, 2.24) is 14.6 Å². The van der Waals surface area contributed by atoms with Crippen LogP contribution in [0, 0.1) is 0 Å². The number of aromatic nitrogens is 1. The highest BCUT2D eigenvalue weighted by Gasteiger charge is 2.20. The number of amides is 1. The molecule has 0 saturated heterocycles. The van der Waals surface area contributed by atoms with Gasteiger partial charge in [0, 0.05) is 24.7 Å². The lowest BCUT2D eigenvalue weighted by Gasteiger charge is -2.09. The first kappa shape index (κ1) is 23.8. The third kappa shape index (κ3) is 6.11. The zero-order chi connectivity index (χ0) is 23.0. The van der Waals surface area contributed by atoms with Gasteiger partial charge in [-0.3, -0.25) is 0 Å². The number of ether oxygens (including phenoxy) is 1. The third-order valence-corrected chi connectivity index (χ3v) is 6.71. The molecule has 1 aromatic heterocycles. The number of nitrogens with one attached hydrogen (secondary N) is 2. The Morgan fingerprint density at radius 2 is 1.66 bits per heavy atom. The first-order chi connectivity index (χ1) is 15.4. The van der Waals surface area contributed by atoms with E-state index in [0.29, 0.717) is 18.6 Å². The van der Waals surface area contributed by atoms with E-state index >= 15 is 0 Å². The SMILES string of the molecule is CC(C)OC(=O)NCCCCCNCc1cn(S(=O)(=O)c2ccccc2)c2ccccc12. The predicted molar refractivity (Wildman–Crippen MR) is 126 cm³/mol. The summed E-state index contributed by atoms with van der Waals surface area (Å²) in [7, 11) is -3.66. The van der Waals surface area contributed by atoms with Crippen LogP contribution in [-0.4, -0.2) is 37.7 Å². The summed E-state index contributed by atoms with van der Waals surface area (Å²) < 4.78 is 32.7. The highest BCUT2D eigenvalue weighted by Crippen LogP contribution is 2.26. The molecule has 3 aromatic rings. The van der Waals surface area contributed by atoms with Gasteiger partial charge in [0.15, 0.2) is 0 Å². The summed E-state index contributed by atoms with van der Waals surface area (Å²) >= 11 is 0. The summed E-state index contributed by atoms with van der Waals surface area (Å²) in [5.74, 6) is 0. The number of nitrogens with zero attached hydrogens (tertiary/aromatic N) is 1. The van der Waals surface area contributed by atoms with Gasteiger partial charge in [-0.25, -0.2) is 17.2 Å². The minimum absolute atomic E-state index is 0.118. The van der Waals surface area contributed by atoms with E-state index in [9.17, 15) is 13.2 Å². The molecule has 0 bridgehead atoms. The van der Waals surface area contributed by atoms with Crippen LogP contribution in [0.5, 0.6) is 0 Å². The Bertz CT molecular complexity index is 1120. The summed E-state index contributed by atoms with van der Waals surface area (Å²) in [5.41, 5.74) is 1.62. The van der Waals surface area contributed by atoms with Crippen molar-refractivity contribution in [2.75, 3.05) is 13.1 Å². The van der Waals surface area contributed by atoms with Gasteiger partial charge in [0.1, 0.15) is 0 Å². The standard InChI is InChI=1S/C24H31N3O4S/c1-19(2)31-24(28)26-16-10-4-9-15-25-17-20-18-27(23-14-8-7-13-22(20)23)32(29,30)21-11-5-3-6-12-21/h3,5-8,11-14,18-19,25H,4,9-10,15-17H2,1-2H3,(H,26,28). The molecule has 32 heavy (non-hydrogen) atoms. The lowest BCUT2D eigenvalue weighted by Crippen LogP contribution is -2.27. The molecule has 0 unspecified atom stereocenters. The number of para-hydroxylation sites is 1. The predicted octanol–water partition coefficient (Wildman–Crippen LogP) is 4.27. The molecule has 7 nitrogen and oxygen atoms in total. The molecule has 2 N–H and O–H groups in total. The molecule has 0 spiro atoms. The van der Waals surface area contributed by atoms with Gasteiger partial charge in [0.25, 0.3) is 10.0 Å². The molecule has 0 saturated carbocycles. The monoisotopic (exact) mass is 457 g/mol. The molecule has 8 heteroatoms. The lowest BCUT2D eigenvalue weighted by atomic mass is 10.2. The van der Waals surface area contributed by atoms with Crippen molar-refractivity contribution in [2.45, 2.75) is 50.7 Å². The van der Waals surface area contributed by atoms with Crippen LogP contribution in [0.3, 0.4) is 0 Å². The summed E-state index contributed by atoms with van der Waals surface area (Å²) in [6, 6.07) is 16.0. The quantitative estimate of drug-likeness (QED) is 0.420. The molecule has 3 rings (SSSR count). The van der Waals surface area contributed by atoms with E-state index in [4.69, 9.17) is 4.74 Å². The molecule has 172 valence electrons. The fourth-order valence-electron chi connectivity index (χ4n) is 3.48. The second-order valence-corrected chi connectivity index (χ2v) is 9.72. The van der Waals surface area contributed by atoms with E-state index in [2.05, 4.69) is 10.6 Å². The maximum atomic E-state index is 13.1. The highest BCUT2D eigenvalue weighted by molar-refractivity contribution is 7.90. The maximum absolute atomic E-state index is 13.1. The van der Waals surface area contributed by atoms with Gasteiger partial charge >= 0.3 is 6.09 Å². The summed E-state index contributed by atoms with van der Waals surface area (Å²) in [6.07, 6.45) is 4.03. The van der Waals surface area contributed by atoms with Crippen LogP contribution >= 0.6 is 0 Å². The van der Waals surface area contributed by atoms with Gasteiger partial charge in [-0.05, 0) is 57.0 Å². The maximum Gasteiger partial charge on any atom is 0.407 e. The first-order valence-electron chi connectivity index (χ1n) is 10.9. The fourth-order valence-corrected chi connectivity index (χ4v) is 4.90. The van der Waals surface area contributed by atoms with Crippen molar-refractivity contribution in [1.29, 1.82) is 0 Å². The summed E-state index contributed by atoms with van der Waals surface area (Å²) in [4.78, 5) is 11.7.